The smallest absolute Gasteiger partial charge is 0.339 e. The van der Waals surface area contributed by atoms with Gasteiger partial charge in [0.2, 0.25) is 5.91 Å². The van der Waals surface area contributed by atoms with E-state index in [1.54, 1.807) is 30.3 Å². The van der Waals surface area contributed by atoms with Crippen molar-refractivity contribution in [2.75, 3.05) is 18.2 Å². The average Bonchev–Trinajstić information content (AvgIpc) is 2.54. The van der Waals surface area contributed by atoms with Crippen LogP contribution in [0.3, 0.4) is 0 Å². The molecular weight excluding hydrogens is 322 g/mol. The second kappa shape index (κ2) is 7.87. The molecule has 0 heterocycles. The first-order valence-electron chi connectivity index (χ1n) is 6.46. The highest BCUT2D eigenvalue weighted by atomic mass is 35.5. The lowest BCUT2D eigenvalue weighted by Crippen LogP contribution is -2.17. The Kier molecular flexibility index (Phi) is 5.86. The zero-order valence-corrected chi connectivity index (χ0v) is 13.4. The second-order valence-electron chi connectivity index (χ2n) is 4.30. The van der Waals surface area contributed by atoms with Gasteiger partial charge in [-0.25, -0.2) is 4.79 Å². The molecule has 1 amide bonds. The minimum atomic E-state index is -0.491. The van der Waals surface area contributed by atoms with E-state index in [-0.39, 0.29) is 11.7 Å². The number of ether oxygens (including phenoxy) is 1. The average molecular weight is 336 g/mol. The van der Waals surface area contributed by atoms with Crippen LogP contribution in [0.5, 0.6) is 0 Å². The largest absolute Gasteiger partial charge is 0.465 e. The first kappa shape index (κ1) is 16.4. The van der Waals surface area contributed by atoms with E-state index in [0.29, 0.717) is 16.3 Å². The van der Waals surface area contributed by atoms with Gasteiger partial charge in [0, 0.05) is 4.90 Å². The molecule has 0 radical (unpaired) electrons. The van der Waals surface area contributed by atoms with Crippen LogP contribution in [0.1, 0.15) is 10.4 Å². The van der Waals surface area contributed by atoms with Crippen LogP contribution in [0.2, 0.25) is 5.02 Å². The summed E-state index contributed by atoms with van der Waals surface area (Å²) in [7, 11) is 1.30. The molecule has 0 saturated carbocycles. The Balaban J connectivity index is 2.01. The van der Waals surface area contributed by atoms with Crippen molar-refractivity contribution >= 4 is 40.9 Å². The summed E-state index contributed by atoms with van der Waals surface area (Å²) in [6.07, 6.45) is 0. The fourth-order valence-electron chi connectivity index (χ4n) is 1.77. The van der Waals surface area contributed by atoms with Crippen molar-refractivity contribution < 1.29 is 14.3 Å². The van der Waals surface area contributed by atoms with Crippen LogP contribution in [0, 0.1) is 0 Å². The number of rotatable bonds is 5. The third kappa shape index (κ3) is 4.26. The molecule has 114 valence electrons. The standard InChI is InChI=1S/C16H14ClNO3S/c1-21-16(20)11-6-2-4-8-13(11)18-15(19)10-22-14-9-5-3-7-12(14)17/h2-9H,10H2,1H3,(H,18,19). The number of thioether (sulfide) groups is 1. The predicted molar refractivity (Wildman–Crippen MR) is 88.6 cm³/mol. The van der Waals surface area contributed by atoms with E-state index < -0.39 is 5.97 Å². The first-order chi connectivity index (χ1) is 10.6. The fraction of sp³-hybridized carbons (Fsp3) is 0.125. The lowest BCUT2D eigenvalue weighted by atomic mass is 10.2. The minimum absolute atomic E-state index is 0.194. The molecule has 0 aliphatic rings. The summed E-state index contributed by atoms with van der Waals surface area (Å²) >= 11 is 7.37. The van der Waals surface area contributed by atoms with E-state index in [0.717, 1.165) is 4.90 Å². The van der Waals surface area contributed by atoms with Crippen LogP contribution in [-0.4, -0.2) is 24.7 Å². The Labute approximate surface area is 137 Å². The van der Waals surface area contributed by atoms with Crippen molar-refractivity contribution in [1.82, 2.24) is 0 Å². The van der Waals surface area contributed by atoms with Crippen molar-refractivity contribution in [3.8, 4) is 0 Å². The number of carbonyl (C=O) groups excluding carboxylic acids is 2. The van der Waals surface area contributed by atoms with Crippen LogP contribution in [0.4, 0.5) is 5.69 Å². The van der Waals surface area contributed by atoms with E-state index in [2.05, 4.69) is 5.32 Å². The number of halogens is 1. The number of esters is 1. The van der Waals surface area contributed by atoms with Crippen LogP contribution >= 0.6 is 23.4 Å². The molecule has 2 aromatic rings. The maximum Gasteiger partial charge on any atom is 0.339 e. The number of benzene rings is 2. The first-order valence-corrected chi connectivity index (χ1v) is 7.82. The maximum absolute atomic E-state index is 12.0. The molecule has 2 rings (SSSR count). The van der Waals surface area contributed by atoms with Gasteiger partial charge in [0.15, 0.2) is 0 Å². The van der Waals surface area contributed by atoms with Gasteiger partial charge in [-0.2, -0.15) is 0 Å². The van der Waals surface area contributed by atoms with Crippen molar-refractivity contribution in [2.24, 2.45) is 0 Å². The molecule has 0 bridgehead atoms. The maximum atomic E-state index is 12.0. The van der Waals surface area contributed by atoms with Crippen LogP contribution < -0.4 is 5.32 Å². The van der Waals surface area contributed by atoms with E-state index in [1.807, 2.05) is 18.2 Å². The molecule has 0 spiro atoms. The highest BCUT2D eigenvalue weighted by Gasteiger charge is 2.13. The topological polar surface area (TPSA) is 55.4 Å². The molecule has 6 heteroatoms. The summed E-state index contributed by atoms with van der Waals surface area (Å²) in [6.45, 7) is 0. The van der Waals surface area contributed by atoms with Gasteiger partial charge in [0.1, 0.15) is 0 Å². The van der Waals surface area contributed by atoms with E-state index in [4.69, 9.17) is 16.3 Å². The van der Waals surface area contributed by atoms with Crippen molar-refractivity contribution in [3.63, 3.8) is 0 Å². The van der Waals surface area contributed by atoms with Crippen molar-refractivity contribution in [1.29, 1.82) is 0 Å². The van der Waals surface area contributed by atoms with Gasteiger partial charge in [0.25, 0.3) is 0 Å². The third-order valence-corrected chi connectivity index (χ3v) is 4.32. The Morgan fingerprint density at radius 1 is 1.14 bits per heavy atom. The SMILES string of the molecule is COC(=O)c1ccccc1NC(=O)CSc1ccccc1Cl. The predicted octanol–water partition coefficient (Wildman–Crippen LogP) is 3.86. The van der Waals surface area contributed by atoms with Gasteiger partial charge in [0.05, 0.1) is 29.1 Å². The number of hydrogen-bond donors (Lipinski definition) is 1. The summed E-state index contributed by atoms with van der Waals surface area (Å²) in [5.74, 6) is -0.518. The molecule has 0 saturated heterocycles. The number of para-hydroxylation sites is 1. The highest BCUT2D eigenvalue weighted by molar-refractivity contribution is 8.00. The van der Waals surface area contributed by atoms with Crippen LogP contribution in [0.25, 0.3) is 0 Å². The molecule has 1 N–H and O–H groups in total. The molecule has 0 aliphatic heterocycles. The molecule has 22 heavy (non-hydrogen) atoms. The lowest BCUT2D eigenvalue weighted by molar-refractivity contribution is -0.113. The normalized spacial score (nSPS) is 10.1. The summed E-state index contributed by atoms with van der Waals surface area (Å²) in [4.78, 5) is 24.5. The summed E-state index contributed by atoms with van der Waals surface area (Å²) in [5.41, 5.74) is 0.750. The Bertz CT molecular complexity index is 691. The highest BCUT2D eigenvalue weighted by Crippen LogP contribution is 2.26. The summed E-state index contributed by atoms with van der Waals surface area (Å²) in [6, 6.07) is 14.0. The fourth-order valence-corrected chi connectivity index (χ4v) is 2.81. The zero-order chi connectivity index (χ0) is 15.9. The van der Waals surface area contributed by atoms with Gasteiger partial charge in [-0.05, 0) is 24.3 Å². The Hall–Kier alpha value is -1.98. The molecule has 0 aliphatic carbocycles. The molecule has 4 nitrogen and oxygen atoms in total. The lowest BCUT2D eigenvalue weighted by Gasteiger charge is -2.09. The van der Waals surface area contributed by atoms with Gasteiger partial charge >= 0.3 is 5.97 Å². The number of anilines is 1. The zero-order valence-electron chi connectivity index (χ0n) is 11.8. The number of nitrogens with one attached hydrogen (secondary N) is 1. The Morgan fingerprint density at radius 2 is 1.82 bits per heavy atom. The van der Waals surface area contributed by atoms with E-state index in [9.17, 15) is 9.59 Å². The van der Waals surface area contributed by atoms with Crippen molar-refractivity contribution in [3.05, 3.63) is 59.1 Å². The van der Waals surface area contributed by atoms with Crippen LogP contribution in [0.15, 0.2) is 53.4 Å². The monoisotopic (exact) mass is 335 g/mol. The number of carbonyl (C=O) groups is 2. The van der Waals surface area contributed by atoms with Crippen LogP contribution in [-0.2, 0) is 9.53 Å². The van der Waals surface area contributed by atoms with Gasteiger partial charge in [-0.15, -0.1) is 11.8 Å². The molecule has 0 fully saturated rings. The molecule has 0 aromatic heterocycles. The Morgan fingerprint density at radius 3 is 2.55 bits per heavy atom. The molecule has 0 atom stereocenters. The van der Waals surface area contributed by atoms with E-state index in [1.165, 1.54) is 18.9 Å². The third-order valence-electron chi connectivity index (χ3n) is 2.80. The summed E-state index contributed by atoms with van der Waals surface area (Å²) < 4.78 is 4.69. The minimum Gasteiger partial charge on any atom is -0.465 e. The quantitative estimate of drug-likeness (QED) is 0.666. The van der Waals surface area contributed by atoms with Gasteiger partial charge in [-0.3, -0.25) is 4.79 Å². The molecule has 2 aromatic carbocycles. The van der Waals surface area contributed by atoms with Crippen molar-refractivity contribution in [2.45, 2.75) is 4.90 Å². The number of hydrogen-bond acceptors (Lipinski definition) is 4. The molecular formula is C16H14ClNO3S. The van der Waals surface area contributed by atoms with E-state index >= 15 is 0 Å². The van der Waals surface area contributed by atoms with Gasteiger partial charge in [-0.1, -0.05) is 35.9 Å². The molecule has 0 unspecified atom stereocenters. The second-order valence-corrected chi connectivity index (χ2v) is 5.73. The van der Waals surface area contributed by atoms with Gasteiger partial charge < -0.3 is 10.1 Å². The number of methoxy groups -OCH3 is 1. The number of amides is 1. The summed E-state index contributed by atoms with van der Waals surface area (Å²) in [5, 5.41) is 3.32.